The van der Waals surface area contributed by atoms with E-state index in [9.17, 15) is 4.79 Å². The van der Waals surface area contributed by atoms with Gasteiger partial charge in [0.15, 0.2) is 5.72 Å². The van der Waals surface area contributed by atoms with E-state index in [2.05, 4.69) is 12.2 Å². The van der Waals surface area contributed by atoms with E-state index in [-0.39, 0.29) is 12.0 Å². The van der Waals surface area contributed by atoms with Crippen LogP contribution in [0.2, 0.25) is 0 Å². The molecule has 4 heteroatoms. The van der Waals surface area contributed by atoms with E-state index in [1.807, 2.05) is 32.9 Å². The van der Waals surface area contributed by atoms with Crippen molar-refractivity contribution in [3.8, 4) is 11.5 Å². The standard InChI is InChI=1S/C16H23NO3/c1-5-9-16(6-2)17-15(18)13-10-12(19-11(3)4)7-8-14(13)20-16/h7-8,10-11H,5-6,9H2,1-4H3,(H,17,18). The van der Waals surface area contributed by atoms with E-state index in [1.54, 1.807) is 6.07 Å². The number of rotatable bonds is 5. The molecule has 1 N–H and O–H groups in total. The molecular formula is C16H23NO3. The number of nitrogens with one attached hydrogen (secondary N) is 1. The number of ether oxygens (including phenoxy) is 2. The molecule has 1 atom stereocenters. The molecule has 0 aromatic heterocycles. The van der Waals surface area contributed by atoms with Crippen LogP contribution in [0.3, 0.4) is 0 Å². The summed E-state index contributed by atoms with van der Waals surface area (Å²) in [4.78, 5) is 12.3. The zero-order valence-corrected chi connectivity index (χ0v) is 12.7. The first-order valence-corrected chi connectivity index (χ1v) is 7.32. The molecule has 0 bridgehead atoms. The van der Waals surface area contributed by atoms with E-state index in [0.717, 1.165) is 19.3 Å². The van der Waals surface area contributed by atoms with Crippen molar-refractivity contribution in [3.63, 3.8) is 0 Å². The van der Waals surface area contributed by atoms with Crippen molar-refractivity contribution in [3.05, 3.63) is 23.8 Å². The van der Waals surface area contributed by atoms with Gasteiger partial charge in [-0.1, -0.05) is 20.3 Å². The number of hydrogen-bond acceptors (Lipinski definition) is 3. The predicted molar refractivity (Wildman–Crippen MR) is 78.2 cm³/mol. The second-order valence-corrected chi connectivity index (χ2v) is 5.48. The normalized spacial score (nSPS) is 21.1. The second kappa shape index (κ2) is 5.73. The Morgan fingerprint density at radius 1 is 1.35 bits per heavy atom. The molecule has 1 aromatic rings. The van der Waals surface area contributed by atoms with Crippen LogP contribution in [-0.2, 0) is 0 Å². The number of benzene rings is 1. The topological polar surface area (TPSA) is 47.6 Å². The average Bonchev–Trinajstić information content (AvgIpc) is 2.39. The maximum absolute atomic E-state index is 12.3. The molecule has 2 rings (SSSR count). The van der Waals surface area contributed by atoms with Gasteiger partial charge < -0.3 is 14.8 Å². The molecule has 0 spiro atoms. The zero-order valence-electron chi connectivity index (χ0n) is 12.7. The fourth-order valence-corrected chi connectivity index (χ4v) is 2.49. The molecule has 0 saturated carbocycles. The lowest BCUT2D eigenvalue weighted by Crippen LogP contribution is -2.55. The van der Waals surface area contributed by atoms with E-state index in [0.29, 0.717) is 17.1 Å². The Hall–Kier alpha value is -1.71. The number of hydrogen-bond donors (Lipinski definition) is 1. The molecule has 0 radical (unpaired) electrons. The van der Waals surface area contributed by atoms with E-state index in [4.69, 9.17) is 9.47 Å². The summed E-state index contributed by atoms with van der Waals surface area (Å²) >= 11 is 0. The maximum atomic E-state index is 12.3. The van der Waals surface area contributed by atoms with Crippen LogP contribution in [0.5, 0.6) is 11.5 Å². The van der Waals surface area contributed by atoms with Gasteiger partial charge in [-0.15, -0.1) is 0 Å². The summed E-state index contributed by atoms with van der Waals surface area (Å²) in [6.45, 7) is 8.03. The fourth-order valence-electron chi connectivity index (χ4n) is 2.49. The molecule has 1 aromatic carbocycles. The van der Waals surface area contributed by atoms with Gasteiger partial charge in [0.05, 0.1) is 11.7 Å². The highest BCUT2D eigenvalue weighted by Crippen LogP contribution is 2.34. The predicted octanol–water partition coefficient (Wildman–Crippen LogP) is 3.50. The van der Waals surface area contributed by atoms with Crippen LogP contribution in [0.1, 0.15) is 57.3 Å². The van der Waals surface area contributed by atoms with Crippen molar-refractivity contribution in [2.75, 3.05) is 0 Å². The van der Waals surface area contributed by atoms with Crippen LogP contribution in [0.25, 0.3) is 0 Å². The van der Waals surface area contributed by atoms with Crippen molar-refractivity contribution in [1.29, 1.82) is 0 Å². The maximum Gasteiger partial charge on any atom is 0.258 e. The monoisotopic (exact) mass is 277 g/mol. The Labute approximate surface area is 120 Å². The summed E-state index contributed by atoms with van der Waals surface area (Å²) in [5.41, 5.74) is -0.0254. The molecule has 1 unspecified atom stereocenters. The van der Waals surface area contributed by atoms with Gasteiger partial charge in [-0.3, -0.25) is 4.79 Å². The Kier molecular flexibility index (Phi) is 4.21. The summed E-state index contributed by atoms with van der Waals surface area (Å²) in [6, 6.07) is 5.42. The SMILES string of the molecule is CCCC1(CC)NC(=O)c2cc(OC(C)C)ccc2O1. The van der Waals surface area contributed by atoms with Crippen molar-refractivity contribution >= 4 is 5.91 Å². The second-order valence-electron chi connectivity index (χ2n) is 5.48. The molecule has 0 fully saturated rings. The molecule has 1 aliphatic rings. The summed E-state index contributed by atoms with van der Waals surface area (Å²) in [7, 11) is 0. The van der Waals surface area contributed by atoms with Gasteiger partial charge in [0.25, 0.3) is 5.91 Å². The van der Waals surface area contributed by atoms with Crippen LogP contribution in [0.4, 0.5) is 0 Å². The van der Waals surface area contributed by atoms with Gasteiger partial charge in [0.1, 0.15) is 11.5 Å². The molecule has 1 heterocycles. The fraction of sp³-hybridized carbons (Fsp3) is 0.562. The molecule has 110 valence electrons. The largest absolute Gasteiger partial charge is 0.491 e. The Balaban J connectivity index is 2.30. The lowest BCUT2D eigenvalue weighted by molar-refractivity contribution is 0.00850. The first-order valence-electron chi connectivity index (χ1n) is 7.32. The summed E-state index contributed by atoms with van der Waals surface area (Å²) in [5, 5.41) is 3.00. The molecule has 4 nitrogen and oxygen atoms in total. The van der Waals surface area contributed by atoms with Gasteiger partial charge in [-0.05, 0) is 32.0 Å². The summed E-state index contributed by atoms with van der Waals surface area (Å²) in [5.74, 6) is 1.24. The van der Waals surface area contributed by atoms with Gasteiger partial charge in [-0.25, -0.2) is 0 Å². The van der Waals surface area contributed by atoms with Crippen LogP contribution >= 0.6 is 0 Å². The molecule has 1 amide bonds. The Morgan fingerprint density at radius 2 is 2.10 bits per heavy atom. The van der Waals surface area contributed by atoms with Crippen LogP contribution in [-0.4, -0.2) is 17.7 Å². The highest BCUT2D eigenvalue weighted by atomic mass is 16.5. The first-order chi connectivity index (χ1) is 9.49. The van der Waals surface area contributed by atoms with E-state index >= 15 is 0 Å². The quantitative estimate of drug-likeness (QED) is 0.896. The highest BCUT2D eigenvalue weighted by Gasteiger charge is 2.37. The smallest absolute Gasteiger partial charge is 0.258 e. The number of amides is 1. The third-order valence-electron chi connectivity index (χ3n) is 3.44. The molecule has 0 saturated heterocycles. The van der Waals surface area contributed by atoms with Crippen LogP contribution in [0, 0.1) is 0 Å². The van der Waals surface area contributed by atoms with Crippen LogP contribution < -0.4 is 14.8 Å². The minimum atomic E-state index is -0.570. The molecular weight excluding hydrogens is 254 g/mol. The third-order valence-corrected chi connectivity index (χ3v) is 3.44. The zero-order chi connectivity index (χ0) is 14.8. The van der Waals surface area contributed by atoms with E-state index in [1.165, 1.54) is 0 Å². The van der Waals surface area contributed by atoms with Gasteiger partial charge in [0.2, 0.25) is 0 Å². The first kappa shape index (κ1) is 14.7. The van der Waals surface area contributed by atoms with Gasteiger partial charge in [0, 0.05) is 12.8 Å². The van der Waals surface area contributed by atoms with Crippen molar-refractivity contribution < 1.29 is 14.3 Å². The minimum Gasteiger partial charge on any atom is -0.491 e. The number of carbonyl (C=O) groups excluding carboxylic acids is 1. The van der Waals surface area contributed by atoms with Crippen molar-refractivity contribution in [2.24, 2.45) is 0 Å². The van der Waals surface area contributed by atoms with Gasteiger partial charge >= 0.3 is 0 Å². The number of fused-ring (bicyclic) bond motifs is 1. The lowest BCUT2D eigenvalue weighted by Gasteiger charge is -2.38. The minimum absolute atomic E-state index is 0.0791. The van der Waals surface area contributed by atoms with Crippen LogP contribution in [0.15, 0.2) is 18.2 Å². The number of carbonyl (C=O) groups is 1. The molecule has 20 heavy (non-hydrogen) atoms. The average molecular weight is 277 g/mol. The van der Waals surface area contributed by atoms with Crippen molar-refractivity contribution in [2.45, 2.75) is 58.8 Å². The lowest BCUT2D eigenvalue weighted by atomic mass is 10.0. The molecule has 0 aliphatic carbocycles. The summed E-state index contributed by atoms with van der Waals surface area (Å²) < 4.78 is 11.7. The summed E-state index contributed by atoms with van der Waals surface area (Å²) in [6.07, 6.45) is 2.59. The Morgan fingerprint density at radius 3 is 2.70 bits per heavy atom. The third kappa shape index (κ3) is 2.89. The van der Waals surface area contributed by atoms with Crippen molar-refractivity contribution in [1.82, 2.24) is 5.32 Å². The molecule has 1 aliphatic heterocycles. The van der Waals surface area contributed by atoms with E-state index < -0.39 is 5.72 Å². The van der Waals surface area contributed by atoms with Gasteiger partial charge in [-0.2, -0.15) is 0 Å². The highest BCUT2D eigenvalue weighted by molar-refractivity contribution is 5.98. The Bertz CT molecular complexity index is 498.